The van der Waals surface area contributed by atoms with Crippen molar-refractivity contribution in [1.82, 2.24) is 0 Å². The van der Waals surface area contributed by atoms with Crippen LogP contribution >= 0.6 is 11.3 Å². The molecule has 144 valence electrons. The molecule has 4 heteroatoms. The highest BCUT2D eigenvalue weighted by molar-refractivity contribution is 7.09. The maximum atomic E-state index is 5.98. The molecule has 0 aliphatic heterocycles. The van der Waals surface area contributed by atoms with Gasteiger partial charge in [-0.15, -0.1) is 11.3 Å². The first kappa shape index (κ1) is 20.8. The van der Waals surface area contributed by atoms with E-state index in [1.165, 1.54) is 16.9 Å². The first-order chi connectivity index (χ1) is 12.2. The summed E-state index contributed by atoms with van der Waals surface area (Å²) in [5.74, 6) is 1.65. The predicted molar refractivity (Wildman–Crippen MR) is 110 cm³/mol. The van der Waals surface area contributed by atoms with Crippen molar-refractivity contribution in [1.29, 1.82) is 0 Å². The molecule has 0 saturated heterocycles. The second-order valence-corrected chi connectivity index (χ2v) is 9.75. The van der Waals surface area contributed by atoms with Crippen LogP contribution in [0.15, 0.2) is 35.7 Å². The molecular formula is C22H34NO2S+. The van der Waals surface area contributed by atoms with Gasteiger partial charge in [0, 0.05) is 16.9 Å². The van der Waals surface area contributed by atoms with Crippen LogP contribution in [0, 0.1) is 5.41 Å². The summed E-state index contributed by atoms with van der Waals surface area (Å²) in [6, 6.07) is 10.4. The molecule has 1 aromatic carbocycles. The Balaban J connectivity index is 2.02. The molecule has 2 aromatic rings. The second-order valence-electron chi connectivity index (χ2n) is 8.72. The van der Waals surface area contributed by atoms with E-state index in [2.05, 4.69) is 63.5 Å². The van der Waals surface area contributed by atoms with E-state index in [1.807, 2.05) is 19.1 Å². The largest absolute Gasteiger partial charge is 0.490 e. The molecule has 2 N–H and O–H groups in total. The lowest BCUT2D eigenvalue weighted by Gasteiger charge is -2.30. The topological polar surface area (TPSA) is 35.1 Å². The monoisotopic (exact) mass is 376 g/mol. The lowest BCUT2D eigenvalue weighted by molar-refractivity contribution is -0.737. The number of thiophene rings is 1. The molecule has 0 fully saturated rings. The van der Waals surface area contributed by atoms with E-state index in [9.17, 15) is 0 Å². The van der Waals surface area contributed by atoms with Crippen LogP contribution in [0.25, 0.3) is 0 Å². The van der Waals surface area contributed by atoms with E-state index in [1.54, 1.807) is 11.3 Å². The van der Waals surface area contributed by atoms with Crippen LogP contribution in [0.1, 0.15) is 58.4 Å². The smallest absolute Gasteiger partial charge is 0.161 e. The third-order valence-corrected chi connectivity index (χ3v) is 4.98. The minimum atomic E-state index is 0.207. The van der Waals surface area contributed by atoms with Gasteiger partial charge in [0.15, 0.2) is 11.5 Å². The molecular weight excluding hydrogens is 342 g/mol. The molecule has 0 atom stereocenters. The fourth-order valence-corrected chi connectivity index (χ4v) is 4.06. The Hall–Kier alpha value is -1.52. The quantitative estimate of drug-likeness (QED) is 0.668. The molecule has 0 aliphatic carbocycles. The third-order valence-electron chi connectivity index (χ3n) is 4.13. The zero-order chi connectivity index (χ0) is 19.2. The average Bonchev–Trinajstić information content (AvgIpc) is 3.03. The Morgan fingerprint density at radius 1 is 1.00 bits per heavy atom. The van der Waals surface area contributed by atoms with Crippen LogP contribution in [-0.4, -0.2) is 12.1 Å². The van der Waals surface area contributed by atoms with E-state index in [4.69, 9.17) is 9.47 Å². The van der Waals surface area contributed by atoms with Gasteiger partial charge in [0.1, 0.15) is 13.2 Å². The van der Waals surface area contributed by atoms with Crippen LogP contribution < -0.4 is 14.8 Å². The van der Waals surface area contributed by atoms with Crippen molar-refractivity contribution in [3.05, 3.63) is 46.2 Å². The number of hydrogen-bond acceptors (Lipinski definition) is 3. The predicted octanol–water partition coefficient (Wildman–Crippen LogP) is 5.00. The number of nitrogens with two attached hydrogens (primary N) is 1. The van der Waals surface area contributed by atoms with Gasteiger partial charge in [0.25, 0.3) is 0 Å². The number of hydrogen-bond donors (Lipinski definition) is 1. The minimum Gasteiger partial charge on any atom is -0.490 e. The van der Waals surface area contributed by atoms with E-state index in [0.717, 1.165) is 18.0 Å². The normalized spacial score (nSPS) is 12.2. The summed E-state index contributed by atoms with van der Waals surface area (Å²) in [7, 11) is 0. The molecule has 0 saturated carbocycles. The summed E-state index contributed by atoms with van der Waals surface area (Å²) in [5.41, 5.74) is 1.80. The molecule has 0 amide bonds. The molecule has 0 bridgehead atoms. The standard InChI is InChI=1S/C22H33NO2S/c1-7-24-20-13-17(14-23-22(5,6)16-21(2,3)4)10-11-19(20)25-15-18-9-8-12-26-18/h8-13,23H,7,14-16H2,1-6H3/p+1. The van der Waals surface area contributed by atoms with E-state index >= 15 is 0 Å². The van der Waals surface area contributed by atoms with Gasteiger partial charge < -0.3 is 14.8 Å². The Kier molecular flexibility index (Phi) is 7.13. The highest BCUT2D eigenvalue weighted by Crippen LogP contribution is 2.30. The van der Waals surface area contributed by atoms with E-state index in [0.29, 0.717) is 18.6 Å². The first-order valence-corrected chi connectivity index (χ1v) is 10.3. The molecule has 0 spiro atoms. The minimum absolute atomic E-state index is 0.207. The second kappa shape index (κ2) is 8.92. The molecule has 3 nitrogen and oxygen atoms in total. The van der Waals surface area contributed by atoms with Gasteiger partial charge in [-0.25, -0.2) is 0 Å². The highest BCUT2D eigenvalue weighted by Gasteiger charge is 2.28. The summed E-state index contributed by atoms with van der Waals surface area (Å²) in [4.78, 5) is 1.22. The molecule has 0 unspecified atom stereocenters. The van der Waals surface area contributed by atoms with Crippen LogP contribution in [0.4, 0.5) is 0 Å². The van der Waals surface area contributed by atoms with Crippen LogP contribution in [0.5, 0.6) is 11.5 Å². The Labute approximate surface area is 162 Å². The van der Waals surface area contributed by atoms with Gasteiger partial charge in [-0.1, -0.05) is 26.8 Å². The molecule has 1 aromatic heterocycles. The van der Waals surface area contributed by atoms with Crippen LogP contribution in [0.3, 0.4) is 0 Å². The Morgan fingerprint density at radius 3 is 2.38 bits per heavy atom. The Bertz CT molecular complexity index is 672. The third kappa shape index (κ3) is 7.00. The molecule has 1 heterocycles. The van der Waals surface area contributed by atoms with Crippen LogP contribution in [-0.2, 0) is 13.2 Å². The Morgan fingerprint density at radius 2 is 1.77 bits per heavy atom. The lowest BCUT2D eigenvalue weighted by Crippen LogP contribution is -2.94. The van der Waals surface area contributed by atoms with E-state index < -0.39 is 0 Å². The van der Waals surface area contributed by atoms with Crippen LogP contribution in [0.2, 0.25) is 0 Å². The number of quaternary nitrogens is 1. The fraction of sp³-hybridized carbons (Fsp3) is 0.545. The summed E-state index contributed by atoms with van der Waals surface area (Å²) in [5, 5.41) is 4.50. The molecule has 26 heavy (non-hydrogen) atoms. The highest BCUT2D eigenvalue weighted by atomic mass is 32.1. The maximum Gasteiger partial charge on any atom is 0.161 e. The maximum absolute atomic E-state index is 5.98. The molecule has 0 aliphatic rings. The van der Waals surface area contributed by atoms with E-state index in [-0.39, 0.29) is 5.54 Å². The zero-order valence-electron chi connectivity index (χ0n) is 17.1. The summed E-state index contributed by atoms with van der Waals surface area (Å²) < 4.78 is 11.8. The number of benzene rings is 1. The number of rotatable bonds is 9. The van der Waals surface area contributed by atoms with Gasteiger partial charge >= 0.3 is 0 Å². The van der Waals surface area contributed by atoms with Gasteiger partial charge in [-0.2, -0.15) is 0 Å². The number of ether oxygens (including phenoxy) is 2. The molecule has 0 radical (unpaired) electrons. The van der Waals surface area contributed by atoms with Crippen molar-refractivity contribution in [3.8, 4) is 11.5 Å². The van der Waals surface area contributed by atoms with Crippen molar-refractivity contribution < 1.29 is 14.8 Å². The zero-order valence-corrected chi connectivity index (χ0v) is 17.9. The van der Waals surface area contributed by atoms with Gasteiger partial charge in [0.05, 0.1) is 12.1 Å². The SMILES string of the molecule is CCOc1cc(C[NH2+]C(C)(C)CC(C)(C)C)ccc1OCc1cccs1. The summed E-state index contributed by atoms with van der Waals surface area (Å²) in [6.45, 7) is 15.7. The summed E-state index contributed by atoms with van der Waals surface area (Å²) >= 11 is 1.71. The lowest BCUT2D eigenvalue weighted by atomic mass is 9.82. The van der Waals surface area contributed by atoms with Gasteiger partial charge in [-0.3, -0.25) is 0 Å². The van der Waals surface area contributed by atoms with Crippen molar-refractivity contribution in [3.63, 3.8) is 0 Å². The van der Waals surface area contributed by atoms with Gasteiger partial charge in [-0.05, 0) is 55.8 Å². The van der Waals surface area contributed by atoms with Gasteiger partial charge in [0.2, 0.25) is 0 Å². The van der Waals surface area contributed by atoms with Crippen molar-refractivity contribution in [2.45, 2.75) is 66.7 Å². The average molecular weight is 377 g/mol. The van der Waals surface area contributed by atoms with Crippen molar-refractivity contribution in [2.24, 2.45) is 5.41 Å². The fourth-order valence-electron chi connectivity index (χ4n) is 3.44. The van der Waals surface area contributed by atoms with Crippen molar-refractivity contribution in [2.75, 3.05) is 6.61 Å². The molecule has 2 rings (SSSR count). The first-order valence-electron chi connectivity index (χ1n) is 9.44. The van der Waals surface area contributed by atoms with Crippen molar-refractivity contribution >= 4 is 11.3 Å². The summed E-state index contributed by atoms with van der Waals surface area (Å²) in [6.07, 6.45) is 1.17.